The van der Waals surface area contributed by atoms with Crippen LogP contribution in [0.1, 0.15) is 35.3 Å². The van der Waals surface area contributed by atoms with Gasteiger partial charge in [-0.25, -0.2) is 0 Å². The second-order valence-electron chi connectivity index (χ2n) is 7.06. The highest BCUT2D eigenvalue weighted by Gasteiger charge is 2.28. The van der Waals surface area contributed by atoms with Crippen LogP contribution in [0.4, 0.5) is 0 Å². The van der Waals surface area contributed by atoms with E-state index in [1.165, 1.54) is 10.6 Å². The predicted molar refractivity (Wildman–Crippen MR) is 98.1 cm³/mol. The molecule has 2 aromatic heterocycles. The van der Waals surface area contributed by atoms with Crippen molar-refractivity contribution in [2.75, 3.05) is 19.6 Å². The minimum absolute atomic E-state index is 0.00216. The summed E-state index contributed by atoms with van der Waals surface area (Å²) < 4.78 is 3.24. The standard InChI is InChI=1S/C19H23N5O3/c25-17-6-1-2-9-23(17)14-18(26)22-10-5-11-24-16(13-22)15(12-20-24)19(27)21-7-3-4-8-21/h1-2,6,9,12H,3-5,7-8,10-11,13-14H2. The van der Waals surface area contributed by atoms with Crippen LogP contribution >= 0.6 is 0 Å². The summed E-state index contributed by atoms with van der Waals surface area (Å²) in [6.07, 6.45) is 6.08. The van der Waals surface area contributed by atoms with Gasteiger partial charge in [0.2, 0.25) is 5.91 Å². The quantitative estimate of drug-likeness (QED) is 0.798. The number of carbonyl (C=O) groups excluding carboxylic acids is 2. The van der Waals surface area contributed by atoms with E-state index in [0.29, 0.717) is 25.2 Å². The number of aryl methyl sites for hydroxylation is 1. The number of fused-ring (bicyclic) bond motifs is 1. The number of nitrogens with zero attached hydrogens (tertiary/aromatic N) is 5. The lowest BCUT2D eigenvalue weighted by Gasteiger charge is -2.22. The lowest BCUT2D eigenvalue weighted by Crippen LogP contribution is -2.36. The Morgan fingerprint density at radius 3 is 2.56 bits per heavy atom. The number of hydrogen-bond acceptors (Lipinski definition) is 4. The fourth-order valence-electron chi connectivity index (χ4n) is 3.76. The molecule has 0 atom stereocenters. The molecule has 0 saturated carbocycles. The molecule has 4 rings (SSSR count). The minimum atomic E-state index is -0.199. The molecule has 2 aliphatic rings. The van der Waals surface area contributed by atoms with E-state index in [2.05, 4.69) is 5.10 Å². The zero-order valence-corrected chi connectivity index (χ0v) is 15.2. The summed E-state index contributed by atoms with van der Waals surface area (Å²) in [7, 11) is 0. The van der Waals surface area contributed by atoms with E-state index in [1.54, 1.807) is 29.4 Å². The van der Waals surface area contributed by atoms with E-state index < -0.39 is 0 Å². The third kappa shape index (κ3) is 3.51. The van der Waals surface area contributed by atoms with E-state index in [4.69, 9.17) is 0 Å². The Bertz CT molecular complexity index is 910. The van der Waals surface area contributed by atoms with Crippen LogP contribution in [0, 0.1) is 0 Å². The summed E-state index contributed by atoms with van der Waals surface area (Å²) in [6, 6.07) is 4.83. The van der Waals surface area contributed by atoms with Crippen molar-refractivity contribution in [3.05, 3.63) is 52.2 Å². The first-order valence-electron chi connectivity index (χ1n) is 9.41. The van der Waals surface area contributed by atoms with Crippen LogP contribution in [0.5, 0.6) is 0 Å². The van der Waals surface area contributed by atoms with Crippen LogP contribution < -0.4 is 5.56 Å². The van der Waals surface area contributed by atoms with Gasteiger partial charge < -0.3 is 14.4 Å². The Hall–Kier alpha value is -2.90. The maximum Gasteiger partial charge on any atom is 0.257 e. The molecule has 4 heterocycles. The van der Waals surface area contributed by atoms with Gasteiger partial charge >= 0.3 is 0 Å². The van der Waals surface area contributed by atoms with E-state index in [1.807, 2.05) is 9.58 Å². The summed E-state index contributed by atoms with van der Waals surface area (Å²) >= 11 is 0. The Morgan fingerprint density at radius 1 is 1.00 bits per heavy atom. The lowest BCUT2D eigenvalue weighted by atomic mass is 10.2. The molecular formula is C19H23N5O3. The fraction of sp³-hybridized carbons (Fsp3) is 0.474. The molecule has 0 unspecified atom stereocenters. The van der Waals surface area contributed by atoms with Crippen molar-refractivity contribution in [1.29, 1.82) is 0 Å². The third-order valence-electron chi connectivity index (χ3n) is 5.27. The Morgan fingerprint density at radius 2 is 1.78 bits per heavy atom. The number of aromatic nitrogens is 3. The molecule has 0 aliphatic carbocycles. The van der Waals surface area contributed by atoms with Gasteiger partial charge in [-0.05, 0) is 25.3 Å². The van der Waals surface area contributed by atoms with Gasteiger partial charge in [-0.3, -0.25) is 19.1 Å². The number of likely N-dealkylation sites (tertiary alicyclic amines) is 1. The first-order chi connectivity index (χ1) is 13.1. The Balaban J connectivity index is 1.54. The molecule has 2 amide bonds. The largest absolute Gasteiger partial charge is 0.339 e. The van der Waals surface area contributed by atoms with Crippen LogP contribution in [0.25, 0.3) is 0 Å². The maximum absolute atomic E-state index is 12.8. The number of carbonyl (C=O) groups is 2. The lowest BCUT2D eigenvalue weighted by molar-refractivity contribution is -0.132. The zero-order valence-electron chi connectivity index (χ0n) is 15.2. The first-order valence-corrected chi connectivity index (χ1v) is 9.41. The molecule has 142 valence electrons. The van der Waals surface area contributed by atoms with Crippen molar-refractivity contribution in [2.24, 2.45) is 0 Å². The highest BCUT2D eigenvalue weighted by Crippen LogP contribution is 2.20. The van der Waals surface area contributed by atoms with Gasteiger partial charge in [0, 0.05) is 38.4 Å². The van der Waals surface area contributed by atoms with Crippen LogP contribution in [0.15, 0.2) is 35.4 Å². The van der Waals surface area contributed by atoms with Gasteiger partial charge in [-0.2, -0.15) is 5.10 Å². The predicted octanol–water partition coefficient (Wildman–Crippen LogP) is 0.713. The normalized spacial score (nSPS) is 16.9. The van der Waals surface area contributed by atoms with E-state index in [-0.39, 0.29) is 23.9 Å². The van der Waals surface area contributed by atoms with Crippen LogP contribution in [0.3, 0.4) is 0 Å². The molecular weight excluding hydrogens is 346 g/mol. The molecule has 2 aromatic rings. The number of rotatable bonds is 3. The highest BCUT2D eigenvalue weighted by atomic mass is 16.2. The molecule has 0 spiro atoms. The van der Waals surface area contributed by atoms with Crippen molar-refractivity contribution in [3.63, 3.8) is 0 Å². The average Bonchev–Trinajstić information content (AvgIpc) is 3.29. The summed E-state index contributed by atoms with van der Waals surface area (Å²) in [4.78, 5) is 41.1. The summed E-state index contributed by atoms with van der Waals surface area (Å²) in [5.74, 6) is -0.125. The van der Waals surface area contributed by atoms with Crippen LogP contribution in [-0.4, -0.2) is 55.6 Å². The van der Waals surface area contributed by atoms with Crippen molar-refractivity contribution in [1.82, 2.24) is 24.1 Å². The minimum Gasteiger partial charge on any atom is -0.339 e. The van der Waals surface area contributed by atoms with Gasteiger partial charge in [0.25, 0.3) is 11.5 Å². The molecule has 0 aromatic carbocycles. The maximum atomic E-state index is 12.8. The van der Waals surface area contributed by atoms with Gasteiger partial charge in [-0.1, -0.05) is 6.07 Å². The molecule has 8 nitrogen and oxygen atoms in total. The zero-order chi connectivity index (χ0) is 18.8. The third-order valence-corrected chi connectivity index (χ3v) is 5.27. The molecule has 2 aliphatic heterocycles. The van der Waals surface area contributed by atoms with Gasteiger partial charge in [0.05, 0.1) is 24.0 Å². The molecule has 1 fully saturated rings. The summed E-state index contributed by atoms with van der Waals surface area (Å²) in [6.45, 7) is 3.17. The summed E-state index contributed by atoms with van der Waals surface area (Å²) in [5, 5.41) is 4.38. The highest BCUT2D eigenvalue weighted by molar-refractivity contribution is 5.95. The van der Waals surface area contributed by atoms with E-state index >= 15 is 0 Å². The van der Waals surface area contributed by atoms with E-state index in [9.17, 15) is 14.4 Å². The first kappa shape index (κ1) is 17.5. The topological polar surface area (TPSA) is 80.4 Å². The van der Waals surface area contributed by atoms with E-state index in [0.717, 1.165) is 38.0 Å². The van der Waals surface area contributed by atoms with Crippen LogP contribution in [0.2, 0.25) is 0 Å². The van der Waals surface area contributed by atoms with Gasteiger partial charge in [0.15, 0.2) is 0 Å². The smallest absolute Gasteiger partial charge is 0.257 e. The van der Waals surface area contributed by atoms with Crippen molar-refractivity contribution < 1.29 is 9.59 Å². The van der Waals surface area contributed by atoms with Crippen molar-refractivity contribution >= 4 is 11.8 Å². The molecule has 0 N–H and O–H groups in total. The molecule has 27 heavy (non-hydrogen) atoms. The monoisotopic (exact) mass is 369 g/mol. The second-order valence-corrected chi connectivity index (χ2v) is 7.06. The van der Waals surface area contributed by atoms with Crippen molar-refractivity contribution in [3.8, 4) is 0 Å². The SMILES string of the molecule is O=C(Cn1ccccc1=O)N1CCCn2ncc(C(=O)N3CCCC3)c2C1. The molecule has 8 heteroatoms. The van der Waals surface area contributed by atoms with Crippen molar-refractivity contribution in [2.45, 2.75) is 38.9 Å². The van der Waals surface area contributed by atoms with Gasteiger partial charge in [-0.15, -0.1) is 0 Å². The summed E-state index contributed by atoms with van der Waals surface area (Å²) in [5.41, 5.74) is 1.18. The number of pyridine rings is 1. The van der Waals surface area contributed by atoms with Gasteiger partial charge in [0.1, 0.15) is 6.54 Å². The fourth-order valence-corrected chi connectivity index (χ4v) is 3.76. The Labute approximate surface area is 157 Å². The van der Waals surface area contributed by atoms with Crippen LogP contribution in [-0.2, 0) is 24.4 Å². The number of hydrogen-bond donors (Lipinski definition) is 0. The second kappa shape index (κ2) is 7.38. The molecule has 0 bridgehead atoms. The molecule has 0 radical (unpaired) electrons. The Kier molecular flexibility index (Phi) is 4.79. The average molecular weight is 369 g/mol. The molecule has 1 saturated heterocycles. The number of amides is 2.